The molecule has 4 amide bonds. The fourth-order valence-electron chi connectivity index (χ4n) is 18.7. The number of nitrogens with zero attached hydrogens (tertiary/aromatic N) is 11. The van der Waals surface area contributed by atoms with Gasteiger partial charge in [-0.25, -0.2) is 13.2 Å². The first-order chi connectivity index (χ1) is 55.2. The van der Waals surface area contributed by atoms with E-state index in [1.54, 1.807) is 24.3 Å². The Hall–Kier alpha value is -7.63. The number of fused-ring (bicyclic) bond motifs is 3. The van der Waals surface area contributed by atoms with Crippen LogP contribution in [-0.4, -0.2) is 278 Å². The first kappa shape index (κ1) is 86.2. The number of hydrogen-bond acceptors (Lipinski definition) is 18. The van der Waals surface area contributed by atoms with Crippen LogP contribution in [0.15, 0.2) is 116 Å². The van der Waals surface area contributed by atoms with Gasteiger partial charge in [-0.2, -0.15) is 0 Å². The highest BCUT2D eigenvalue weighted by Gasteiger charge is 2.46. The third-order valence-electron chi connectivity index (χ3n) is 25.5. The summed E-state index contributed by atoms with van der Waals surface area (Å²) >= 11 is 0. The van der Waals surface area contributed by atoms with Crippen molar-refractivity contribution in [2.45, 2.75) is 198 Å². The molecule has 628 valence electrons. The highest BCUT2D eigenvalue weighted by atomic mass is 19.1. The summed E-state index contributed by atoms with van der Waals surface area (Å²) in [6.07, 6.45) is 5.72. The summed E-state index contributed by atoms with van der Waals surface area (Å²) < 4.78 is 51.5. The van der Waals surface area contributed by atoms with Crippen molar-refractivity contribution < 1.29 is 46.9 Å². The highest BCUT2D eigenvalue weighted by Crippen LogP contribution is 2.44. The van der Waals surface area contributed by atoms with Gasteiger partial charge < -0.3 is 50.5 Å². The molecule has 6 saturated heterocycles. The minimum Gasteiger partial charge on any atom is -0.394 e. The predicted octanol–water partition coefficient (Wildman–Crippen LogP) is 8.30. The molecule has 0 saturated carbocycles. The van der Waals surface area contributed by atoms with E-state index in [1.165, 1.54) is 42.0 Å². The lowest BCUT2D eigenvalue weighted by Gasteiger charge is -2.48. The number of carbonyl (C=O) groups is 4. The number of morpholine rings is 2. The number of rotatable bonds is 19. The number of aliphatic hydroxyl groups excluding tert-OH is 1. The number of nitrogens with one attached hydrogen (secondary N) is 4. The summed E-state index contributed by atoms with van der Waals surface area (Å²) in [5.41, 5.74) is 11.1. The van der Waals surface area contributed by atoms with Crippen molar-refractivity contribution >= 4 is 40.7 Å². The Morgan fingerprint density at radius 2 is 0.879 bits per heavy atom. The number of pyridine rings is 2. The molecule has 2 aromatic heterocycles. The molecule has 25 heteroatoms. The first-order valence-electron chi connectivity index (χ1n) is 42.2. The molecule has 4 aromatic carbocycles. The molecular formula is C91H126F3N15O7. The largest absolute Gasteiger partial charge is 0.394 e. The molecule has 9 aliphatic rings. The molecule has 1 unspecified atom stereocenters. The van der Waals surface area contributed by atoms with E-state index < -0.39 is 5.54 Å². The van der Waals surface area contributed by atoms with Gasteiger partial charge in [0.1, 0.15) is 17.5 Å². The van der Waals surface area contributed by atoms with Crippen molar-refractivity contribution in [3.63, 3.8) is 0 Å². The van der Waals surface area contributed by atoms with E-state index in [4.69, 9.17) is 19.4 Å². The lowest BCUT2D eigenvalue weighted by atomic mass is 9.86. The van der Waals surface area contributed by atoms with Crippen LogP contribution in [0.1, 0.15) is 147 Å². The fraction of sp³-hybridized carbons (Fsp3) is 0.582. The molecule has 9 aliphatic heterocycles. The van der Waals surface area contributed by atoms with Gasteiger partial charge in [-0.15, -0.1) is 0 Å². The molecule has 116 heavy (non-hydrogen) atoms. The molecule has 0 radical (unpaired) electrons. The van der Waals surface area contributed by atoms with Crippen LogP contribution in [0.4, 0.5) is 30.2 Å². The lowest BCUT2D eigenvalue weighted by Crippen LogP contribution is -2.65. The maximum absolute atomic E-state index is 13.9. The number of carbonyl (C=O) groups excluding carboxylic acids is 4. The van der Waals surface area contributed by atoms with Crippen LogP contribution in [0.2, 0.25) is 0 Å². The summed E-state index contributed by atoms with van der Waals surface area (Å²) in [6.45, 7) is 44.5. The standard InChI is InChI=1S/C31H43FN4O2.C30H41FN6O2.C30H42FN5O3/c1-21-15-34(27(14-33-21)16-35-22(2)18-38-19-23(35)3)17-30(37)36-20-31(4,5)28-11-8-25(13-29(28)36)12-24-6-9-26(32)10-7-24;1-19-14-36(25(13-32-19)16-35-15-20(2)34-29(39)21(35)3)17-27(38)37-18-30(4,5)28-26(37)11-23(12-33-28)10-22-6-8-24(31)9-7-22;1-21-15-34(25(14-32-21)16-35-9-10-39-20-30(35,4)19-37)17-27(38)36-18-29(2,3)28-26(36)12-23(13-33-28)11-22-5-7-24(31)8-6-22/h6-11,13,21-23,27,33H,12,14-20H2,1-5H3;6-9,11-12,19-21,25,32H,10,13-18H2,1-5H3,(H,34,39);5-8,12-13,21,25,32,37H,9-11,14-20H2,1-4H3/t21-,22-,23-,27-;19-,20+,21-,25-;21-,25-,30?/m111/s1. The number of anilines is 3. The molecule has 0 spiro atoms. The zero-order chi connectivity index (χ0) is 82.7. The maximum Gasteiger partial charge on any atom is 0.241 e. The van der Waals surface area contributed by atoms with Gasteiger partial charge in [-0.05, 0) is 168 Å². The molecule has 0 bridgehead atoms. The van der Waals surface area contributed by atoms with Crippen LogP contribution >= 0.6 is 0 Å². The first-order valence-corrected chi connectivity index (χ1v) is 42.2. The number of aliphatic hydroxyl groups is 1. The molecular weight excluding hydrogens is 1470 g/mol. The van der Waals surface area contributed by atoms with Crippen LogP contribution in [0.25, 0.3) is 0 Å². The van der Waals surface area contributed by atoms with Gasteiger partial charge in [-0.1, -0.05) is 90.1 Å². The van der Waals surface area contributed by atoms with Crippen molar-refractivity contribution in [2.24, 2.45) is 0 Å². The number of ether oxygens (including phenoxy) is 2. The highest BCUT2D eigenvalue weighted by molar-refractivity contribution is 5.99. The summed E-state index contributed by atoms with van der Waals surface area (Å²) in [6, 6.07) is 32.5. The molecule has 5 N–H and O–H groups in total. The topological polar surface area (TPSA) is 210 Å². The van der Waals surface area contributed by atoms with Crippen molar-refractivity contribution in [1.29, 1.82) is 0 Å². The molecule has 22 nitrogen and oxygen atoms in total. The second kappa shape index (κ2) is 36.5. The van der Waals surface area contributed by atoms with Gasteiger partial charge in [0.2, 0.25) is 23.6 Å². The van der Waals surface area contributed by atoms with Gasteiger partial charge in [0, 0.05) is 180 Å². The summed E-state index contributed by atoms with van der Waals surface area (Å²) in [4.78, 5) is 83.7. The molecule has 15 rings (SSSR count). The quantitative estimate of drug-likeness (QED) is 0.0516. The third-order valence-corrected chi connectivity index (χ3v) is 25.5. The van der Waals surface area contributed by atoms with E-state index in [1.807, 2.05) is 60.0 Å². The van der Waals surface area contributed by atoms with Gasteiger partial charge in [-0.3, -0.25) is 58.5 Å². The second-order valence-electron chi connectivity index (χ2n) is 37.1. The van der Waals surface area contributed by atoms with Crippen LogP contribution in [0.3, 0.4) is 0 Å². The lowest BCUT2D eigenvalue weighted by molar-refractivity contribution is -0.130. The molecule has 0 aliphatic carbocycles. The van der Waals surface area contributed by atoms with E-state index >= 15 is 0 Å². The van der Waals surface area contributed by atoms with Gasteiger partial charge in [0.25, 0.3) is 0 Å². The van der Waals surface area contributed by atoms with E-state index in [0.29, 0.717) is 89.9 Å². The van der Waals surface area contributed by atoms with Crippen molar-refractivity contribution in [3.05, 3.63) is 183 Å². The molecule has 11 atom stereocenters. The van der Waals surface area contributed by atoms with Crippen molar-refractivity contribution in [1.82, 2.24) is 60.6 Å². The smallest absolute Gasteiger partial charge is 0.241 e. The van der Waals surface area contributed by atoms with Crippen molar-refractivity contribution in [2.75, 3.05) is 159 Å². The fourth-order valence-corrected chi connectivity index (χ4v) is 18.7. The number of benzene rings is 4. The van der Waals surface area contributed by atoms with Gasteiger partial charge in [0.15, 0.2) is 0 Å². The van der Waals surface area contributed by atoms with Crippen LogP contribution < -0.4 is 36.0 Å². The number of halogens is 3. The van der Waals surface area contributed by atoms with E-state index in [0.717, 1.165) is 147 Å². The zero-order valence-corrected chi connectivity index (χ0v) is 70.9. The van der Waals surface area contributed by atoms with Gasteiger partial charge in [0.05, 0.1) is 87.0 Å². The van der Waals surface area contributed by atoms with E-state index in [-0.39, 0.29) is 106 Å². The van der Waals surface area contributed by atoms with Crippen molar-refractivity contribution in [3.8, 4) is 0 Å². The number of amides is 4. The Bertz CT molecular complexity index is 4390. The monoisotopic (exact) mass is 1600 g/mol. The summed E-state index contributed by atoms with van der Waals surface area (Å²) in [5, 5.41) is 23.9. The molecule has 11 heterocycles. The SMILES string of the molecule is C[C@@H]1CN(CC(=O)N2CC(C)(C)c3ccc(Cc4ccc(F)cc4)cc32)[C@@H](CN2[C@H](C)COC[C@H]2C)CN1.C[C@@H]1CN(CC(=O)N2CC(C)(C)c3ncc(Cc4ccc(F)cc4)cc32)[C@@H](CN2CCOCC2(C)CO)CN1.C[C@@H]1CN(CC(=O)N2CC(C)(C)c3ncc(Cc4ccc(F)cc4)cc32)[C@@H](CN2C[C@H](C)NC(=O)[C@H]2C)CN1. The number of aromatic nitrogens is 2. The Labute approximate surface area is 685 Å². The van der Waals surface area contributed by atoms with Crippen LogP contribution in [0, 0.1) is 17.5 Å². The normalized spacial score (nSPS) is 27.6. The predicted molar refractivity (Wildman–Crippen MR) is 450 cm³/mol. The van der Waals surface area contributed by atoms with Crippen LogP contribution in [-0.2, 0) is 64.2 Å². The number of piperazine rings is 4. The van der Waals surface area contributed by atoms with Crippen LogP contribution in [0.5, 0.6) is 0 Å². The maximum atomic E-state index is 13.9. The average molecular weight is 1600 g/mol. The Balaban J connectivity index is 0.000000151. The molecule has 6 aromatic rings. The van der Waals surface area contributed by atoms with Gasteiger partial charge >= 0.3 is 0 Å². The van der Waals surface area contributed by atoms with E-state index in [2.05, 4.69) is 157 Å². The molecule has 6 fully saturated rings. The third kappa shape index (κ3) is 20.4. The minimum absolute atomic E-state index is 0.0371. The second-order valence-corrected chi connectivity index (χ2v) is 37.1. The average Bonchev–Trinajstić information content (AvgIpc) is 1.62. The Kier molecular flexibility index (Phi) is 27.2. The number of hydrogen-bond donors (Lipinski definition) is 5. The Morgan fingerprint density at radius 3 is 1.34 bits per heavy atom. The Morgan fingerprint density at radius 1 is 0.483 bits per heavy atom. The van der Waals surface area contributed by atoms with E-state index in [9.17, 15) is 37.5 Å². The minimum atomic E-state index is -0.415. The zero-order valence-electron chi connectivity index (χ0n) is 70.9. The summed E-state index contributed by atoms with van der Waals surface area (Å²) in [5.74, 6) is -0.351. The summed E-state index contributed by atoms with van der Waals surface area (Å²) in [7, 11) is 0.